The fourth-order valence-electron chi connectivity index (χ4n) is 0.498. The van der Waals surface area contributed by atoms with Gasteiger partial charge in [0, 0.05) is 0 Å². The van der Waals surface area contributed by atoms with Crippen LogP contribution in [-0.4, -0.2) is 10.7 Å². The van der Waals surface area contributed by atoms with Crippen LogP contribution in [-0.2, 0) is 0 Å². The molecule has 0 saturated carbocycles. The summed E-state index contributed by atoms with van der Waals surface area (Å²) in [4.78, 5) is 0. The summed E-state index contributed by atoms with van der Waals surface area (Å²) < 4.78 is 0. The van der Waals surface area contributed by atoms with E-state index in [2.05, 4.69) is 13.3 Å². The molecule has 0 fully saturated rings. The van der Waals surface area contributed by atoms with E-state index >= 15 is 0 Å². The van der Waals surface area contributed by atoms with Gasteiger partial charge in [-0.3, -0.25) is 0 Å². The molecule has 0 atom stereocenters. The van der Waals surface area contributed by atoms with E-state index in [-0.39, 0.29) is 0 Å². The molecule has 1 radical (unpaired) electrons. The summed E-state index contributed by atoms with van der Waals surface area (Å²) in [6, 6.07) is 0. The molecule has 0 aromatic carbocycles. The number of rotatable bonds is 3. The fourth-order valence-corrected chi connectivity index (χ4v) is 0.498. The average Bonchev–Trinajstić information content (AvgIpc) is 1.59. The van der Waals surface area contributed by atoms with Crippen molar-refractivity contribution in [2.24, 2.45) is 0 Å². The van der Waals surface area contributed by atoms with Crippen LogP contribution in [0.5, 0.6) is 0 Å². The third-order valence-corrected chi connectivity index (χ3v) is 0.933. The lowest BCUT2D eigenvalue weighted by Gasteiger charge is -2.14. The Kier molecular flexibility index (Phi) is 3.06. The highest BCUT2D eigenvalue weighted by atomic mass is 16.3. The molecule has 1 nitrogen and oxygen atoms in total. The lowest BCUT2D eigenvalue weighted by molar-refractivity contribution is 0.0792. The Hall–Kier alpha value is -0.0400. The number of aliphatic hydroxyl groups is 1. The van der Waals surface area contributed by atoms with Crippen LogP contribution in [0.25, 0.3) is 0 Å². The number of hydrogen-bond acceptors (Lipinski definition) is 1. The van der Waals surface area contributed by atoms with Gasteiger partial charge in [-0.05, 0) is 26.7 Å². The van der Waals surface area contributed by atoms with Gasteiger partial charge in [-0.25, -0.2) is 0 Å². The van der Waals surface area contributed by atoms with Crippen molar-refractivity contribution in [1.82, 2.24) is 0 Å². The Morgan fingerprint density at radius 2 is 2.00 bits per heavy atom. The second-order valence-corrected chi connectivity index (χ2v) is 2.71. The van der Waals surface area contributed by atoms with Gasteiger partial charge in [-0.2, -0.15) is 0 Å². The van der Waals surface area contributed by atoms with Crippen molar-refractivity contribution >= 4 is 0 Å². The molecule has 0 aliphatic carbocycles. The van der Waals surface area contributed by atoms with Crippen LogP contribution in [0.1, 0.15) is 33.6 Å². The van der Waals surface area contributed by atoms with Gasteiger partial charge in [0.2, 0.25) is 0 Å². The zero-order valence-corrected chi connectivity index (χ0v) is 5.94. The van der Waals surface area contributed by atoms with Crippen LogP contribution in [0.2, 0.25) is 0 Å². The van der Waals surface area contributed by atoms with E-state index in [4.69, 9.17) is 5.11 Å². The van der Waals surface area contributed by atoms with Crippen molar-refractivity contribution in [1.29, 1.82) is 0 Å². The second kappa shape index (κ2) is 3.08. The molecule has 49 valence electrons. The summed E-state index contributed by atoms with van der Waals surface area (Å²) in [7, 11) is 0. The molecule has 0 amide bonds. The summed E-state index contributed by atoms with van der Waals surface area (Å²) in [5.41, 5.74) is -0.504. The van der Waals surface area contributed by atoms with Crippen molar-refractivity contribution in [3.63, 3.8) is 0 Å². The van der Waals surface area contributed by atoms with Crippen molar-refractivity contribution < 1.29 is 5.11 Å². The molecule has 8 heavy (non-hydrogen) atoms. The average molecular weight is 115 g/mol. The van der Waals surface area contributed by atoms with E-state index in [1.165, 1.54) is 0 Å². The topological polar surface area (TPSA) is 20.2 Å². The van der Waals surface area contributed by atoms with Crippen LogP contribution in [0.3, 0.4) is 0 Å². The highest BCUT2D eigenvalue weighted by Gasteiger charge is 2.09. The Morgan fingerprint density at radius 3 is 2.12 bits per heavy atom. The third kappa shape index (κ3) is 5.96. The Bertz CT molecular complexity index is 51.9. The molecule has 1 heteroatoms. The van der Waals surface area contributed by atoms with Crippen molar-refractivity contribution in [2.75, 3.05) is 0 Å². The lowest BCUT2D eigenvalue weighted by Crippen LogP contribution is -2.17. The number of hydrogen-bond donors (Lipinski definition) is 1. The highest BCUT2D eigenvalue weighted by molar-refractivity contribution is 4.74. The normalized spacial score (nSPS) is 12.0. The van der Waals surface area contributed by atoms with Crippen LogP contribution in [0, 0.1) is 6.42 Å². The molecule has 0 aliphatic rings. The Balaban J connectivity index is 3.11. The Morgan fingerprint density at radius 1 is 1.50 bits per heavy atom. The Labute approximate surface area is 51.7 Å². The maximum Gasteiger partial charge on any atom is 0.0594 e. The standard InChI is InChI=1S/C7H15O/c1-4-5-6-7(2,3)8/h5,8H,4,6H2,1-3H3. The first-order valence-corrected chi connectivity index (χ1v) is 3.10. The van der Waals surface area contributed by atoms with Gasteiger partial charge in [0.15, 0.2) is 0 Å². The van der Waals surface area contributed by atoms with Crippen LogP contribution < -0.4 is 0 Å². The molecule has 0 aromatic heterocycles. The quantitative estimate of drug-likeness (QED) is 0.594. The highest BCUT2D eigenvalue weighted by Crippen LogP contribution is 2.09. The second-order valence-electron chi connectivity index (χ2n) is 2.71. The zero-order valence-electron chi connectivity index (χ0n) is 5.94. The minimum absolute atomic E-state index is 0.504. The van der Waals surface area contributed by atoms with Gasteiger partial charge in [-0.15, -0.1) is 0 Å². The van der Waals surface area contributed by atoms with Crippen LogP contribution in [0.4, 0.5) is 0 Å². The van der Waals surface area contributed by atoms with E-state index in [1.54, 1.807) is 0 Å². The molecule has 0 aliphatic heterocycles. The van der Waals surface area contributed by atoms with E-state index in [9.17, 15) is 0 Å². The summed E-state index contributed by atoms with van der Waals surface area (Å²) >= 11 is 0. The predicted octanol–water partition coefficient (Wildman–Crippen LogP) is 1.76. The van der Waals surface area contributed by atoms with E-state index in [0.29, 0.717) is 0 Å². The molecule has 0 unspecified atom stereocenters. The van der Waals surface area contributed by atoms with Gasteiger partial charge < -0.3 is 5.11 Å². The first-order chi connectivity index (χ1) is 3.56. The SMILES string of the molecule is CC[CH]CC(C)(C)O. The first-order valence-electron chi connectivity index (χ1n) is 3.10. The predicted molar refractivity (Wildman–Crippen MR) is 35.5 cm³/mol. The molecule has 0 spiro atoms. The smallest absolute Gasteiger partial charge is 0.0594 e. The molecular weight excluding hydrogens is 100 g/mol. The third-order valence-electron chi connectivity index (χ3n) is 0.933. The molecule has 0 saturated heterocycles. The van der Waals surface area contributed by atoms with Crippen molar-refractivity contribution in [2.45, 2.75) is 39.2 Å². The van der Waals surface area contributed by atoms with Gasteiger partial charge in [0.05, 0.1) is 5.60 Å². The summed E-state index contributed by atoms with van der Waals surface area (Å²) in [5, 5.41) is 9.12. The minimum Gasteiger partial charge on any atom is -0.390 e. The maximum atomic E-state index is 9.12. The number of unbranched alkanes of at least 4 members (excludes halogenated alkanes) is 1. The molecule has 0 aromatic rings. The van der Waals surface area contributed by atoms with Gasteiger partial charge in [0.1, 0.15) is 0 Å². The molecule has 1 N–H and O–H groups in total. The first kappa shape index (κ1) is 7.96. The van der Waals surface area contributed by atoms with Gasteiger partial charge in [-0.1, -0.05) is 13.3 Å². The van der Waals surface area contributed by atoms with E-state index in [0.717, 1.165) is 12.8 Å². The van der Waals surface area contributed by atoms with Crippen molar-refractivity contribution in [3.05, 3.63) is 6.42 Å². The molecule has 0 bridgehead atoms. The lowest BCUT2D eigenvalue weighted by atomic mass is 10.0. The van der Waals surface area contributed by atoms with Crippen molar-refractivity contribution in [3.8, 4) is 0 Å². The summed E-state index contributed by atoms with van der Waals surface area (Å²) in [6.07, 6.45) is 3.92. The molecular formula is C7H15O. The molecule has 0 rings (SSSR count). The van der Waals surface area contributed by atoms with E-state index in [1.807, 2.05) is 13.8 Å². The van der Waals surface area contributed by atoms with Gasteiger partial charge in [0.25, 0.3) is 0 Å². The van der Waals surface area contributed by atoms with Gasteiger partial charge >= 0.3 is 0 Å². The fraction of sp³-hybridized carbons (Fsp3) is 0.857. The monoisotopic (exact) mass is 115 g/mol. The largest absolute Gasteiger partial charge is 0.390 e. The summed E-state index contributed by atoms with van der Waals surface area (Å²) in [5.74, 6) is 0. The molecule has 0 heterocycles. The summed E-state index contributed by atoms with van der Waals surface area (Å²) in [6.45, 7) is 5.71. The maximum absolute atomic E-state index is 9.12. The van der Waals surface area contributed by atoms with Crippen LogP contribution >= 0.6 is 0 Å². The zero-order chi connectivity index (χ0) is 6.62. The van der Waals surface area contributed by atoms with E-state index < -0.39 is 5.60 Å². The minimum atomic E-state index is -0.504. The van der Waals surface area contributed by atoms with Crippen LogP contribution in [0.15, 0.2) is 0 Å².